The summed E-state index contributed by atoms with van der Waals surface area (Å²) >= 11 is 5.88. The Hall–Kier alpha value is -1.42. The van der Waals surface area contributed by atoms with Crippen molar-refractivity contribution in [1.82, 2.24) is 4.98 Å². The number of hydrogen-bond donors (Lipinski definition) is 1. The first-order valence-electron chi connectivity index (χ1n) is 5.01. The smallest absolute Gasteiger partial charge is 0.228 e. The van der Waals surface area contributed by atoms with Crippen LogP contribution in [0.25, 0.3) is 0 Å². The first-order chi connectivity index (χ1) is 7.56. The number of carbonyl (C=O) groups is 2. The molecular weight excluding hydrogens is 228 g/mol. The summed E-state index contributed by atoms with van der Waals surface area (Å²) in [5.41, 5.74) is 1.29. The van der Waals surface area contributed by atoms with Gasteiger partial charge in [0.2, 0.25) is 5.91 Å². The molecular formula is C11H11ClN2O2. The van der Waals surface area contributed by atoms with Gasteiger partial charge in [0.15, 0.2) is 0 Å². The largest absolute Gasteiger partial charge is 0.324 e. The van der Waals surface area contributed by atoms with Crippen molar-refractivity contribution in [2.45, 2.75) is 19.8 Å². The molecule has 2 rings (SSSR count). The predicted molar refractivity (Wildman–Crippen MR) is 60.3 cm³/mol. The highest BCUT2D eigenvalue weighted by atomic mass is 35.5. The van der Waals surface area contributed by atoms with E-state index < -0.39 is 0 Å². The summed E-state index contributed by atoms with van der Waals surface area (Å²) in [5, 5.41) is 3.21. The summed E-state index contributed by atoms with van der Waals surface area (Å²) in [6.07, 6.45) is 2.25. The Morgan fingerprint density at radius 2 is 2.25 bits per heavy atom. The van der Waals surface area contributed by atoms with Gasteiger partial charge in [-0.05, 0) is 13.0 Å². The van der Waals surface area contributed by atoms with Crippen LogP contribution in [-0.2, 0) is 9.59 Å². The van der Waals surface area contributed by atoms with E-state index in [0.717, 1.165) is 5.69 Å². The Morgan fingerprint density at radius 1 is 1.56 bits per heavy atom. The number of hydrogen-bond acceptors (Lipinski definition) is 3. The van der Waals surface area contributed by atoms with Crippen LogP contribution in [0.3, 0.4) is 0 Å². The minimum atomic E-state index is -0.187. The molecule has 1 amide bonds. The zero-order chi connectivity index (χ0) is 11.7. The Kier molecular flexibility index (Phi) is 2.92. The fourth-order valence-corrected chi connectivity index (χ4v) is 1.66. The van der Waals surface area contributed by atoms with Crippen LogP contribution < -0.4 is 5.32 Å². The van der Waals surface area contributed by atoms with Crippen LogP contribution in [0.5, 0.6) is 0 Å². The third kappa shape index (κ3) is 2.22. The summed E-state index contributed by atoms with van der Waals surface area (Å²) in [5.74, 6) is -0.186. The molecule has 1 saturated carbocycles. The van der Waals surface area contributed by atoms with Crippen LogP contribution in [0, 0.1) is 12.8 Å². The molecule has 0 unspecified atom stereocenters. The molecule has 16 heavy (non-hydrogen) atoms. The average Bonchev–Trinajstić information content (AvgIpc) is 2.19. The van der Waals surface area contributed by atoms with Crippen molar-refractivity contribution in [2.75, 3.05) is 5.32 Å². The monoisotopic (exact) mass is 238 g/mol. The van der Waals surface area contributed by atoms with Crippen molar-refractivity contribution in [1.29, 1.82) is 0 Å². The van der Waals surface area contributed by atoms with Crippen molar-refractivity contribution in [3.63, 3.8) is 0 Å². The topological polar surface area (TPSA) is 59.1 Å². The minimum Gasteiger partial charge on any atom is -0.324 e. The van der Waals surface area contributed by atoms with E-state index in [1.165, 1.54) is 0 Å². The van der Waals surface area contributed by atoms with Crippen LogP contribution in [0.1, 0.15) is 18.5 Å². The lowest BCUT2D eigenvalue weighted by atomic mass is 9.83. The fourth-order valence-electron chi connectivity index (χ4n) is 1.49. The molecule has 0 bridgehead atoms. The number of aryl methyl sites for hydroxylation is 1. The molecule has 1 aromatic heterocycles. The predicted octanol–water partition coefficient (Wildman–Crippen LogP) is 1.96. The molecule has 1 fully saturated rings. The number of Topliss-reactive ketones (excluding diaryl/α,β-unsaturated/α-hetero) is 1. The standard InChI is InChI=1S/C11H11ClN2O2/c1-6-10(12)4-8(5-13-6)14-11(16)7-2-9(15)3-7/h4-5,7H,2-3H2,1H3,(H,14,16). The third-order valence-corrected chi connectivity index (χ3v) is 2.99. The van der Waals surface area contributed by atoms with E-state index in [-0.39, 0.29) is 17.6 Å². The van der Waals surface area contributed by atoms with Crippen molar-refractivity contribution in [2.24, 2.45) is 5.92 Å². The second kappa shape index (κ2) is 4.22. The molecule has 1 aromatic rings. The Labute approximate surface area is 98.0 Å². The highest BCUT2D eigenvalue weighted by molar-refractivity contribution is 6.31. The van der Waals surface area contributed by atoms with Gasteiger partial charge in [0.1, 0.15) is 5.78 Å². The third-order valence-electron chi connectivity index (χ3n) is 2.61. The quantitative estimate of drug-likeness (QED) is 0.857. The van der Waals surface area contributed by atoms with E-state index in [4.69, 9.17) is 11.6 Å². The van der Waals surface area contributed by atoms with E-state index in [2.05, 4.69) is 10.3 Å². The number of nitrogens with one attached hydrogen (secondary N) is 1. The second-order valence-electron chi connectivity index (χ2n) is 3.92. The Balaban J connectivity index is 2.01. The molecule has 0 aliphatic heterocycles. The maximum Gasteiger partial charge on any atom is 0.228 e. The van der Waals surface area contributed by atoms with Crippen LogP contribution >= 0.6 is 11.6 Å². The van der Waals surface area contributed by atoms with E-state index in [0.29, 0.717) is 23.6 Å². The molecule has 1 aliphatic rings. The number of carbonyl (C=O) groups excluding carboxylic acids is 2. The summed E-state index contributed by atoms with van der Waals surface area (Å²) in [6.45, 7) is 1.79. The molecule has 0 saturated heterocycles. The molecule has 0 atom stereocenters. The normalized spacial score (nSPS) is 15.8. The van der Waals surface area contributed by atoms with Gasteiger partial charge in [0.25, 0.3) is 0 Å². The van der Waals surface area contributed by atoms with E-state index in [1.54, 1.807) is 19.2 Å². The Bertz CT molecular complexity index is 451. The lowest BCUT2D eigenvalue weighted by Gasteiger charge is -2.22. The molecule has 5 heteroatoms. The maximum absolute atomic E-state index is 11.6. The number of halogens is 1. The molecule has 0 spiro atoms. The number of anilines is 1. The van der Waals surface area contributed by atoms with Crippen LogP contribution in [0.15, 0.2) is 12.3 Å². The van der Waals surface area contributed by atoms with Crippen LogP contribution in [0.2, 0.25) is 5.02 Å². The van der Waals surface area contributed by atoms with Gasteiger partial charge in [0.05, 0.1) is 28.5 Å². The second-order valence-corrected chi connectivity index (χ2v) is 4.33. The van der Waals surface area contributed by atoms with Crippen LogP contribution in [0.4, 0.5) is 5.69 Å². The first-order valence-corrected chi connectivity index (χ1v) is 5.39. The van der Waals surface area contributed by atoms with Gasteiger partial charge in [0, 0.05) is 12.8 Å². The van der Waals surface area contributed by atoms with Gasteiger partial charge in [-0.15, -0.1) is 0 Å². The van der Waals surface area contributed by atoms with Crippen LogP contribution in [-0.4, -0.2) is 16.7 Å². The SMILES string of the molecule is Cc1ncc(NC(=O)C2CC(=O)C2)cc1Cl. The van der Waals surface area contributed by atoms with Gasteiger partial charge in [-0.25, -0.2) is 0 Å². The molecule has 1 aliphatic carbocycles. The Morgan fingerprint density at radius 3 is 2.81 bits per heavy atom. The lowest BCUT2D eigenvalue weighted by Crippen LogP contribution is -2.34. The van der Waals surface area contributed by atoms with Crippen molar-refractivity contribution >= 4 is 29.0 Å². The van der Waals surface area contributed by atoms with E-state index in [9.17, 15) is 9.59 Å². The number of pyridine rings is 1. The van der Waals surface area contributed by atoms with Gasteiger partial charge in [-0.3, -0.25) is 14.6 Å². The highest BCUT2D eigenvalue weighted by Gasteiger charge is 2.32. The zero-order valence-electron chi connectivity index (χ0n) is 8.79. The van der Waals surface area contributed by atoms with Crippen molar-refractivity contribution in [3.05, 3.63) is 23.0 Å². The number of amides is 1. The molecule has 1 N–H and O–H groups in total. The zero-order valence-corrected chi connectivity index (χ0v) is 9.54. The average molecular weight is 239 g/mol. The lowest BCUT2D eigenvalue weighted by molar-refractivity contribution is -0.135. The summed E-state index contributed by atoms with van der Waals surface area (Å²) in [7, 11) is 0. The minimum absolute atomic E-state index is 0.138. The van der Waals surface area contributed by atoms with Gasteiger partial charge in [-0.2, -0.15) is 0 Å². The van der Waals surface area contributed by atoms with Gasteiger partial charge in [-0.1, -0.05) is 11.6 Å². The number of ketones is 1. The van der Waals surface area contributed by atoms with Crippen molar-refractivity contribution in [3.8, 4) is 0 Å². The molecule has 1 heterocycles. The molecule has 0 radical (unpaired) electrons. The molecule has 4 nitrogen and oxygen atoms in total. The first kappa shape index (κ1) is 11.1. The molecule has 84 valence electrons. The number of nitrogens with zero attached hydrogens (tertiary/aromatic N) is 1. The van der Waals surface area contributed by atoms with E-state index in [1.807, 2.05) is 0 Å². The number of aromatic nitrogens is 1. The fraction of sp³-hybridized carbons (Fsp3) is 0.364. The van der Waals surface area contributed by atoms with E-state index >= 15 is 0 Å². The maximum atomic E-state index is 11.6. The summed E-state index contributed by atoms with van der Waals surface area (Å²) in [4.78, 5) is 26.4. The summed E-state index contributed by atoms with van der Waals surface area (Å²) in [6, 6.07) is 1.66. The van der Waals surface area contributed by atoms with Gasteiger partial charge >= 0.3 is 0 Å². The summed E-state index contributed by atoms with van der Waals surface area (Å²) < 4.78 is 0. The van der Waals surface area contributed by atoms with Crippen molar-refractivity contribution < 1.29 is 9.59 Å². The molecule has 0 aromatic carbocycles. The van der Waals surface area contributed by atoms with Gasteiger partial charge < -0.3 is 5.32 Å². The number of rotatable bonds is 2. The highest BCUT2D eigenvalue weighted by Crippen LogP contribution is 2.25.